The summed E-state index contributed by atoms with van der Waals surface area (Å²) in [6.07, 6.45) is 2.74. The van der Waals surface area contributed by atoms with Gasteiger partial charge in [0.1, 0.15) is 18.2 Å². The second-order valence-electron chi connectivity index (χ2n) is 5.19. The van der Waals surface area contributed by atoms with Crippen LogP contribution in [0.25, 0.3) is 6.08 Å². The van der Waals surface area contributed by atoms with Gasteiger partial charge < -0.3 is 14.7 Å². The number of likely N-dealkylation sites (tertiary alicyclic amines) is 1. The third kappa shape index (κ3) is 2.54. The number of amides is 1. The maximum atomic E-state index is 13.2. The minimum absolute atomic E-state index is 0.140. The molecule has 0 radical (unpaired) electrons. The zero-order valence-electron chi connectivity index (χ0n) is 11.0. The molecule has 0 spiro atoms. The molecular weight excluding hydrogens is 261 g/mol. The second-order valence-corrected chi connectivity index (χ2v) is 5.19. The normalized spacial score (nSPS) is 21.8. The van der Waals surface area contributed by atoms with Crippen molar-refractivity contribution in [3.05, 3.63) is 35.2 Å². The number of aliphatic hydroxyl groups excluding tert-OH is 1. The van der Waals surface area contributed by atoms with E-state index < -0.39 is 6.10 Å². The van der Waals surface area contributed by atoms with Crippen molar-refractivity contribution in [3.63, 3.8) is 0 Å². The fraction of sp³-hybridized carbons (Fsp3) is 0.400. The Hall–Kier alpha value is -1.88. The van der Waals surface area contributed by atoms with Crippen LogP contribution in [0.3, 0.4) is 0 Å². The number of halogens is 1. The predicted molar refractivity (Wildman–Crippen MR) is 71.7 cm³/mol. The van der Waals surface area contributed by atoms with Gasteiger partial charge in [0.2, 0.25) is 0 Å². The molecule has 5 heteroatoms. The van der Waals surface area contributed by atoms with Crippen LogP contribution in [0.5, 0.6) is 5.75 Å². The summed E-state index contributed by atoms with van der Waals surface area (Å²) in [7, 11) is 0. The van der Waals surface area contributed by atoms with Crippen molar-refractivity contribution in [3.8, 4) is 5.75 Å². The average molecular weight is 277 g/mol. The van der Waals surface area contributed by atoms with Gasteiger partial charge in [-0.3, -0.25) is 4.79 Å². The molecule has 4 nitrogen and oxygen atoms in total. The number of nitrogens with zero attached hydrogens (tertiary/aromatic N) is 1. The van der Waals surface area contributed by atoms with Crippen molar-refractivity contribution in [2.24, 2.45) is 0 Å². The maximum absolute atomic E-state index is 13.2. The number of fused-ring (bicyclic) bond motifs is 1. The van der Waals surface area contributed by atoms with Gasteiger partial charge in [-0.1, -0.05) is 0 Å². The number of carbonyl (C=O) groups is 1. The van der Waals surface area contributed by atoms with E-state index in [2.05, 4.69) is 0 Å². The Morgan fingerprint density at radius 2 is 2.30 bits per heavy atom. The number of carbonyl (C=O) groups excluding carboxylic acids is 1. The molecule has 106 valence electrons. The maximum Gasteiger partial charge on any atom is 0.253 e. The molecule has 0 aromatic heterocycles. The Balaban J connectivity index is 1.82. The van der Waals surface area contributed by atoms with Gasteiger partial charge in [0.15, 0.2) is 0 Å². The Morgan fingerprint density at radius 3 is 3.10 bits per heavy atom. The van der Waals surface area contributed by atoms with E-state index in [0.29, 0.717) is 30.0 Å². The number of ether oxygens (including phenoxy) is 1. The number of aliphatic hydroxyl groups is 1. The first-order valence-corrected chi connectivity index (χ1v) is 6.74. The largest absolute Gasteiger partial charge is 0.488 e. The molecule has 0 bridgehead atoms. The summed E-state index contributed by atoms with van der Waals surface area (Å²) in [5.41, 5.74) is 1.08. The second kappa shape index (κ2) is 5.25. The van der Waals surface area contributed by atoms with E-state index in [-0.39, 0.29) is 18.3 Å². The van der Waals surface area contributed by atoms with Gasteiger partial charge in [-0.25, -0.2) is 4.39 Å². The van der Waals surface area contributed by atoms with Crippen molar-refractivity contribution in [1.29, 1.82) is 0 Å². The SMILES string of the molecule is O=C(C1=Cc2cc(F)ccc2OC1)N1CCCC(O)C1. The molecule has 1 N–H and O–H groups in total. The molecule has 1 aromatic carbocycles. The van der Waals surface area contributed by atoms with Gasteiger partial charge in [-0.2, -0.15) is 0 Å². The van der Waals surface area contributed by atoms with E-state index >= 15 is 0 Å². The first-order chi connectivity index (χ1) is 9.63. The third-order valence-electron chi connectivity index (χ3n) is 3.64. The molecule has 2 aliphatic heterocycles. The fourth-order valence-electron chi connectivity index (χ4n) is 2.61. The smallest absolute Gasteiger partial charge is 0.253 e. The number of hydrogen-bond acceptors (Lipinski definition) is 3. The molecule has 1 unspecified atom stereocenters. The number of hydrogen-bond donors (Lipinski definition) is 1. The molecule has 1 amide bonds. The van der Waals surface area contributed by atoms with Crippen molar-refractivity contribution < 1.29 is 19.0 Å². The quantitative estimate of drug-likeness (QED) is 0.848. The van der Waals surface area contributed by atoms with Gasteiger partial charge in [-0.15, -0.1) is 0 Å². The van der Waals surface area contributed by atoms with Gasteiger partial charge in [0.25, 0.3) is 5.91 Å². The molecule has 1 atom stereocenters. The molecule has 20 heavy (non-hydrogen) atoms. The number of rotatable bonds is 1. The first-order valence-electron chi connectivity index (χ1n) is 6.74. The summed E-state index contributed by atoms with van der Waals surface area (Å²) in [6, 6.07) is 4.25. The zero-order valence-corrected chi connectivity index (χ0v) is 11.0. The van der Waals surface area contributed by atoms with E-state index in [1.807, 2.05) is 0 Å². The van der Waals surface area contributed by atoms with Crippen LogP contribution in [0.2, 0.25) is 0 Å². The van der Waals surface area contributed by atoms with E-state index in [1.54, 1.807) is 17.0 Å². The van der Waals surface area contributed by atoms with Crippen molar-refractivity contribution >= 4 is 12.0 Å². The molecule has 1 aromatic rings. The van der Waals surface area contributed by atoms with Crippen LogP contribution in [-0.4, -0.2) is 41.7 Å². The average Bonchev–Trinajstić information content (AvgIpc) is 2.45. The highest BCUT2D eigenvalue weighted by atomic mass is 19.1. The minimum Gasteiger partial charge on any atom is -0.488 e. The number of β-amino-alcohol motifs (C(OH)–C–C–N with tert-alkyl or cyclic N) is 1. The van der Waals surface area contributed by atoms with Gasteiger partial charge in [-0.05, 0) is 37.1 Å². The van der Waals surface area contributed by atoms with Crippen LogP contribution in [0.15, 0.2) is 23.8 Å². The van der Waals surface area contributed by atoms with Crippen LogP contribution in [-0.2, 0) is 4.79 Å². The minimum atomic E-state index is -0.456. The molecule has 1 saturated heterocycles. The van der Waals surface area contributed by atoms with Crippen molar-refractivity contribution in [2.45, 2.75) is 18.9 Å². The highest BCUT2D eigenvalue weighted by Gasteiger charge is 2.26. The standard InChI is InChI=1S/C15H16FNO3/c16-12-3-4-14-10(7-12)6-11(9-20-14)15(19)17-5-1-2-13(18)8-17/h3-4,6-7,13,18H,1-2,5,8-9H2. The Bertz CT molecular complexity index is 570. The van der Waals surface area contributed by atoms with Crippen LogP contribution >= 0.6 is 0 Å². The van der Waals surface area contributed by atoms with E-state index in [4.69, 9.17) is 4.74 Å². The summed E-state index contributed by atoms with van der Waals surface area (Å²) in [5.74, 6) is 0.0889. The Morgan fingerprint density at radius 1 is 1.45 bits per heavy atom. The summed E-state index contributed by atoms with van der Waals surface area (Å²) in [5, 5.41) is 9.63. The van der Waals surface area contributed by atoms with Crippen LogP contribution in [0.1, 0.15) is 18.4 Å². The number of benzene rings is 1. The summed E-state index contributed by atoms with van der Waals surface area (Å²) < 4.78 is 18.7. The lowest BCUT2D eigenvalue weighted by atomic mass is 10.0. The summed E-state index contributed by atoms with van der Waals surface area (Å²) >= 11 is 0. The first kappa shape index (κ1) is 13.1. The molecule has 2 heterocycles. The Kier molecular flexibility index (Phi) is 3.44. The van der Waals surface area contributed by atoms with Crippen molar-refractivity contribution in [1.82, 2.24) is 4.90 Å². The highest BCUT2D eigenvalue weighted by molar-refractivity contribution is 5.99. The van der Waals surface area contributed by atoms with Crippen LogP contribution in [0.4, 0.5) is 4.39 Å². The van der Waals surface area contributed by atoms with Crippen molar-refractivity contribution in [2.75, 3.05) is 19.7 Å². The summed E-state index contributed by atoms with van der Waals surface area (Å²) in [6.45, 7) is 1.18. The monoisotopic (exact) mass is 277 g/mol. The van der Waals surface area contributed by atoms with Gasteiger partial charge >= 0.3 is 0 Å². The molecular formula is C15H16FNO3. The summed E-state index contributed by atoms with van der Waals surface area (Å²) in [4.78, 5) is 14.0. The lowest BCUT2D eigenvalue weighted by Crippen LogP contribution is -2.43. The topological polar surface area (TPSA) is 49.8 Å². The Labute approximate surface area is 116 Å². The number of piperidine rings is 1. The van der Waals surface area contributed by atoms with E-state index in [0.717, 1.165) is 12.8 Å². The third-order valence-corrected chi connectivity index (χ3v) is 3.64. The lowest BCUT2D eigenvalue weighted by Gasteiger charge is -2.31. The van der Waals surface area contributed by atoms with Gasteiger partial charge in [0, 0.05) is 18.7 Å². The molecule has 1 fully saturated rings. The highest BCUT2D eigenvalue weighted by Crippen LogP contribution is 2.28. The van der Waals surface area contributed by atoms with E-state index in [1.165, 1.54) is 12.1 Å². The van der Waals surface area contributed by atoms with Crippen LogP contribution in [0, 0.1) is 5.82 Å². The molecule has 0 saturated carbocycles. The molecule has 3 rings (SSSR count). The van der Waals surface area contributed by atoms with Crippen LogP contribution < -0.4 is 4.74 Å². The predicted octanol–water partition coefficient (Wildman–Crippen LogP) is 1.58. The lowest BCUT2D eigenvalue weighted by molar-refractivity contribution is -0.130. The van der Waals surface area contributed by atoms with Gasteiger partial charge in [0.05, 0.1) is 11.7 Å². The van der Waals surface area contributed by atoms with E-state index in [9.17, 15) is 14.3 Å². The zero-order chi connectivity index (χ0) is 14.1. The molecule has 0 aliphatic carbocycles. The fourth-order valence-corrected chi connectivity index (χ4v) is 2.61. The molecule has 2 aliphatic rings.